The van der Waals surface area contributed by atoms with Crippen molar-refractivity contribution in [3.63, 3.8) is 0 Å². The van der Waals surface area contributed by atoms with E-state index < -0.39 is 0 Å². The number of benzene rings is 2. The van der Waals surface area contributed by atoms with E-state index in [1.807, 2.05) is 6.92 Å². The summed E-state index contributed by atoms with van der Waals surface area (Å²) in [5.41, 5.74) is 5.08. The first kappa shape index (κ1) is 21.7. The molecule has 2 aromatic rings. The Morgan fingerprint density at radius 2 is 1.37 bits per heavy atom. The average molecular weight is 387 g/mol. The number of aryl methyl sites for hydroxylation is 1. The number of phenols is 2. The zero-order valence-electron chi connectivity index (χ0n) is 18.0. The second kappa shape index (κ2) is 8.18. The van der Waals surface area contributed by atoms with Gasteiger partial charge in [-0.05, 0) is 58.6 Å². The summed E-state index contributed by atoms with van der Waals surface area (Å²) in [5, 5.41) is 21.0. The van der Waals surface area contributed by atoms with Crippen LogP contribution in [-0.2, 0) is 11.2 Å². The van der Waals surface area contributed by atoms with E-state index in [-0.39, 0.29) is 17.3 Å². The number of hydrogen-bond donors (Lipinski definition) is 2. The Morgan fingerprint density at radius 3 is 1.81 bits per heavy atom. The van der Waals surface area contributed by atoms with E-state index in [4.69, 9.17) is 0 Å². The standard InChI is InChI=1S/C24H34O2S/c1-14(2)19-10-17(11-20(15(3)4)23(19)26)13-27-18-9-16(5)22(25)21(12-18)24(6,7)8/h9-12,14-15,25-26H,13H2,1-8H3. The van der Waals surface area contributed by atoms with Crippen molar-refractivity contribution in [3.8, 4) is 11.5 Å². The van der Waals surface area contributed by atoms with E-state index in [2.05, 4.69) is 72.7 Å². The molecule has 0 amide bonds. The van der Waals surface area contributed by atoms with Crippen LogP contribution in [0.5, 0.6) is 11.5 Å². The van der Waals surface area contributed by atoms with Gasteiger partial charge in [0, 0.05) is 16.2 Å². The molecule has 0 heterocycles. The van der Waals surface area contributed by atoms with Crippen molar-refractivity contribution in [1.29, 1.82) is 0 Å². The van der Waals surface area contributed by atoms with Crippen LogP contribution in [-0.4, -0.2) is 10.2 Å². The van der Waals surface area contributed by atoms with Crippen LogP contribution in [0.1, 0.15) is 88.1 Å². The van der Waals surface area contributed by atoms with E-state index in [1.54, 1.807) is 11.8 Å². The lowest BCUT2D eigenvalue weighted by Crippen LogP contribution is -2.12. The summed E-state index contributed by atoms with van der Waals surface area (Å²) in [6.45, 7) is 16.8. The van der Waals surface area contributed by atoms with Gasteiger partial charge in [0.1, 0.15) is 11.5 Å². The fraction of sp³-hybridized carbons (Fsp3) is 0.500. The van der Waals surface area contributed by atoms with Gasteiger partial charge in [-0.3, -0.25) is 0 Å². The van der Waals surface area contributed by atoms with Gasteiger partial charge in [-0.25, -0.2) is 0 Å². The first-order valence-electron chi connectivity index (χ1n) is 9.74. The van der Waals surface area contributed by atoms with Crippen molar-refractivity contribution in [2.45, 2.75) is 83.3 Å². The van der Waals surface area contributed by atoms with Gasteiger partial charge in [-0.2, -0.15) is 0 Å². The number of rotatable bonds is 5. The Bertz CT molecular complexity index is 785. The molecule has 0 radical (unpaired) electrons. The van der Waals surface area contributed by atoms with Crippen LogP contribution in [0, 0.1) is 6.92 Å². The van der Waals surface area contributed by atoms with Crippen molar-refractivity contribution in [1.82, 2.24) is 0 Å². The monoisotopic (exact) mass is 386 g/mol. The SMILES string of the molecule is Cc1cc(SCc2cc(C(C)C)c(O)c(C(C)C)c2)cc(C(C)(C)C)c1O. The van der Waals surface area contributed by atoms with E-state index in [0.29, 0.717) is 11.5 Å². The quantitative estimate of drug-likeness (QED) is 0.532. The van der Waals surface area contributed by atoms with Gasteiger partial charge in [-0.1, -0.05) is 60.6 Å². The van der Waals surface area contributed by atoms with Crippen molar-refractivity contribution < 1.29 is 10.2 Å². The van der Waals surface area contributed by atoms with Crippen LogP contribution in [0.2, 0.25) is 0 Å². The second-order valence-electron chi connectivity index (χ2n) is 9.11. The minimum absolute atomic E-state index is 0.0976. The molecular weight excluding hydrogens is 352 g/mol. The highest BCUT2D eigenvalue weighted by atomic mass is 32.2. The van der Waals surface area contributed by atoms with Crippen LogP contribution in [0.4, 0.5) is 0 Å². The summed E-state index contributed by atoms with van der Waals surface area (Å²) in [7, 11) is 0. The summed E-state index contributed by atoms with van der Waals surface area (Å²) in [6.07, 6.45) is 0. The Labute approximate surface area is 169 Å². The molecule has 27 heavy (non-hydrogen) atoms. The Hall–Kier alpha value is -1.61. The summed E-state index contributed by atoms with van der Waals surface area (Å²) >= 11 is 1.78. The number of hydrogen-bond acceptors (Lipinski definition) is 3. The largest absolute Gasteiger partial charge is 0.507 e. The molecule has 0 saturated heterocycles. The number of aromatic hydroxyl groups is 2. The summed E-state index contributed by atoms with van der Waals surface area (Å²) in [5.74, 6) is 2.27. The average Bonchev–Trinajstić information content (AvgIpc) is 2.55. The lowest BCUT2D eigenvalue weighted by Gasteiger charge is -2.22. The molecule has 0 aliphatic heterocycles. The fourth-order valence-corrected chi connectivity index (χ4v) is 4.24. The highest BCUT2D eigenvalue weighted by molar-refractivity contribution is 7.98. The molecule has 0 aliphatic rings. The minimum atomic E-state index is -0.0976. The third-order valence-electron chi connectivity index (χ3n) is 4.96. The lowest BCUT2D eigenvalue weighted by atomic mass is 9.85. The van der Waals surface area contributed by atoms with Gasteiger partial charge < -0.3 is 10.2 Å². The fourth-order valence-electron chi connectivity index (χ4n) is 3.28. The molecule has 0 spiro atoms. The van der Waals surface area contributed by atoms with Crippen molar-refractivity contribution >= 4 is 11.8 Å². The highest BCUT2D eigenvalue weighted by Crippen LogP contribution is 2.39. The normalized spacial score (nSPS) is 12.2. The van der Waals surface area contributed by atoms with Crippen molar-refractivity contribution in [2.24, 2.45) is 0 Å². The number of thioether (sulfide) groups is 1. The second-order valence-corrected chi connectivity index (χ2v) is 10.2. The predicted molar refractivity (Wildman–Crippen MR) is 117 cm³/mol. The third kappa shape index (κ3) is 5.01. The van der Waals surface area contributed by atoms with Gasteiger partial charge in [0.25, 0.3) is 0 Å². The zero-order valence-corrected chi connectivity index (χ0v) is 18.8. The topological polar surface area (TPSA) is 40.5 Å². The molecule has 0 unspecified atom stereocenters. The van der Waals surface area contributed by atoms with Gasteiger partial charge in [0.15, 0.2) is 0 Å². The maximum Gasteiger partial charge on any atom is 0.122 e. The lowest BCUT2D eigenvalue weighted by molar-refractivity contribution is 0.442. The Kier molecular flexibility index (Phi) is 6.57. The molecule has 0 aliphatic carbocycles. The zero-order chi connectivity index (χ0) is 20.5. The predicted octanol–water partition coefficient (Wildman–Crippen LogP) is 7.24. The van der Waals surface area contributed by atoms with E-state index in [1.165, 1.54) is 10.5 Å². The van der Waals surface area contributed by atoms with E-state index in [0.717, 1.165) is 28.0 Å². The Morgan fingerprint density at radius 1 is 0.852 bits per heavy atom. The maximum atomic E-state index is 10.6. The van der Waals surface area contributed by atoms with Crippen LogP contribution in [0.3, 0.4) is 0 Å². The molecule has 0 fully saturated rings. The Balaban J connectivity index is 2.36. The van der Waals surface area contributed by atoms with Gasteiger partial charge in [-0.15, -0.1) is 11.8 Å². The molecular formula is C24H34O2S. The van der Waals surface area contributed by atoms with Crippen molar-refractivity contribution in [2.75, 3.05) is 0 Å². The molecule has 148 valence electrons. The molecule has 2 rings (SSSR count). The first-order valence-corrected chi connectivity index (χ1v) is 10.7. The summed E-state index contributed by atoms with van der Waals surface area (Å²) < 4.78 is 0. The molecule has 3 heteroatoms. The van der Waals surface area contributed by atoms with Crippen molar-refractivity contribution in [3.05, 3.63) is 52.1 Å². The third-order valence-corrected chi connectivity index (χ3v) is 6.01. The van der Waals surface area contributed by atoms with E-state index in [9.17, 15) is 10.2 Å². The molecule has 0 saturated carbocycles. The maximum absolute atomic E-state index is 10.6. The molecule has 2 aromatic carbocycles. The van der Waals surface area contributed by atoms with Gasteiger partial charge in [0.05, 0.1) is 0 Å². The summed E-state index contributed by atoms with van der Waals surface area (Å²) in [4.78, 5) is 1.17. The molecule has 0 aromatic heterocycles. The molecule has 2 nitrogen and oxygen atoms in total. The van der Waals surface area contributed by atoms with Crippen LogP contribution >= 0.6 is 11.8 Å². The summed E-state index contributed by atoms with van der Waals surface area (Å²) in [6, 6.07) is 8.44. The van der Waals surface area contributed by atoms with Crippen LogP contribution in [0.15, 0.2) is 29.2 Å². The molecule has 0 bridgehead atoms. The minimum Gasteiger partial charge on any atom is -0.507 e. The molecule has 2 N–H and O–H groups in total. The van der Waals surface area contributed by atoms with Crippen LogP contribution < -0.4 is 0 Å². The van der Waals surface area contributed by atoms with E-state index >= 15 is 0 Å². The molecule has 0 atom stereocenters. The van der Waals surface area contributed by atoms with Gasteiger partial charge in [0.2, 0.25) is 0 Å². The highest BCUT2D eigenvalue weighted by Gasteiger charge is 2.21. The first-order chi connectivity index (χ1) is 12.4. The number of phenolic OH excluding ortho intramolecular Hbond substituents is 2. The van der Waals surface area contributed by atoms with Crippen LogP contribution in [0.25, 0.3) is 0 Å². The smallest absolute Gasteiger partial charge is 0.122 e. The van der Waals surface area contributed by atoms with Gasteiger partial charge >= 0.3 is 0 Å².